The predicted molar refractivity (Wildman–Crippen MR) is 84.2 cm³/mol. The van der Waals surface area contributed by atoms with Crippen LogP contribution in [0.5, 0.6) is 5.75 Å². The molecule has 0 spiro atoms. The van der Waals surface area contributed by atoms with Gasteiger partial charge in [-0.2, -0.15) is 0 Å². The van der Waals surface area contributed by atoms with Crippen LogP contribution in [0.4, 0.5) is 0 Å². The molecule has 0 aliphatic heterocycles. The SMILES string of the molecule is COC(=O)c1cc(OC(C)C)c2c(Br)ccc(Br)c2n1. The zero-order chi connectivity index (χ0) is 14.9. The number of nitrogens with zero attached hydrogens (tertiary/aromatic N) is 1. The lowest BCUT2D eigenvalue weighted by atomic mass is 10.1. The van der Waals surface area contributed by atoms with Crippen molar-refractivity contribution < 1.29 is 14.3 Å². The van der Waals surface area contributed by atoms with Crippen LogP contribution in [-0.4, -0.2) is 24.2 Å². The van der Waals surface area contributed by atoms with E-state index in [2.05, 4.69) is 36.8 Å². The second kappa shape index (κ2) is 6.10. The van der Waals surface area contributed by atoms with Gasteiger partial charge in [-0.3, -0.25) is 0 Å². The Kier molecular flexibility index (Phi) is 4.65. The van der Waals surface area contributed by atoms with Crippen molar-refractivity contribution in [2.45, 2.75) is 20.0 Å². The van der Waals surface area contributed by atoms with E-state index in [0.717, 1.165) is 14.3 Å². The predicted octanol–water partition coefficient (Wildman–Crippen LogP) is 4.33. The topological polar surface area (TPSA) is 48.4 Å². The number of fused-ring (bicyclic) bond motifs is 1. The number of hydrogen-bond acceptors (Lipinski definition) is 4. The van der Waals surface area contributed by atoms with Crippen molar-refractivity contribution in [3.63, 3.8) is 0 Å². The van der Waals surface area contributed by atoms with Crippen LogP contribution in [0, 0.1) is 0 Å². The minimum atomic E-state index is -0.493. The number of carbonyl (C=O) groups is 1. The molecule has 0 atom stereocenters. The molecule has 0 fully saturated rings. The summed E-state index contributed by atoms with van der Waals surface area (Å²) in [6.45, 7) is 3.85. The van der Waals surface area contributed by atoms with E-state index in [1.165, 1.54) is 7.11 Å². The molecule has 20 heavy (non-hydrogen) atoms. The smallest absolute Gasteiger partial charge is 0.356 e. The van der Waals surface area contributed by atoms with Gasteiger partial charge in [-0.05, 0) is 57.8 Å². The minimum Gasteiger partial charge on any atom is -0.490 e. The van der Waals surface area contributed by atoms with Gasteiger partial charge in [0, 0.05) is 15.0 Å². The lowest BCUT2D eigenvalue weighted by Crippen LogP contribution is -2.10. The Hall–Kier alpha value is -1.14. The van der Waals surface area contributed by atoms with Gasteiger partial charge in [0.15, 0.2) is 5.69 Å². The first-order chi connectivity index (χ1) is 9.43. The highest BCUT2D eigenvalue weighted by Gasteiger charge is 2.17. The van der Waals surface area contributed by atoms with Crippen molar-refractivity contribution in [1.82, 2.24) is 4.98 Å². The molecular weight excluding hydrogens is 390 g/mol. The summed E-state index contributed by atoms with van der Waals surface area (Å²) in [7, 11) is 1.33. The van der Waals surface area contributed by atoms with Gasteiger partial charge in [0.05, 0.1) is 24.1 Å². The van der Waals surface area contributed by atoms with Crippen molar-refractivity contribution in [3.8, 4) is 5.75 Å². The normalized spacial score (nSPS) is 10.9. The van der Waals surface area contributed by atoms with Crippen LogP contribution >= 0.6 is 31.9 Å². The first-order valence-electron chi connectivity index (χ1n) is 5.97. The van der Waals surface area contributed by atoms with Crippen molar-refractivity contribution in [1.29, 1.82) is 0 Å². The maximum absolute atomic E-state index is 11.7. The van der Waals surface area contributed by atoms with Gasteiger partial charge in [-0.25, -0.2) is 9.78 Å². The van der Waals surface area contributed by atoms with E-state index in [-0.39, 0.29) is 11.8 Å². The Morgan fingerprint density at radius 3 is 2.50 bits per heavy atom. The Morgan fingerprint density at radius 2 is 1.90 bits per heavy atom. The number of benzene rings is 1. The molecule has 2 rings (SSSR count). The van der Waals surface area contributed by atoms with E-state index >= 15 is 0 Å². The third-order valence-corrected chi connectivity index (χ3v) is 3.88. The van der Waals surface area contributed by atoms with Gasteiger partial charge in [0.1, 0.15) is 5.75 Å². The highest BCUT2D eigenvalue weighted by atomic mass is 79.9. The zero-order valence-corrected chi connectivity index (χ0v) is 14.4. The number of ether oxygens (including phenoxy) is 2. The standard InChI is InChI=1S/C14H13Br2NO3/c1-7(2)20-11-6-10(14(18)19-3)17-13-9(16)5-4-8(15)12(11)13/h4-7H,1-3H3. The summed E-state index contributed by atoms with van der Waals surface area (Å²) < 4.78 is 12.2. The minimum absolute atomic E-state index is 0.0167. The number of halogens is 2. The summed E-state index contributed by atoms with van der Waals surface area (Å²) in [5.41, 5.74) is 0.868. The number of carbonyl (C=O) groups excluding carboxylic acids is 1. The van der Waals surface area contributed by atoms with Crippen molar-refractivity contribution in [2.24, 2.45) is 0 Å². The summed E-state index contributed by atoms with van der Waals surface area (Å²) in [4.78, 5) is 16.1. The van der Waals surface area contributed by atoms with Gasteiger partial charge in [-0.1, -0.05) is 0 Å². The number of hydrogen-bond donors (Lipinski definition) is 0. The van der Waals surface area contributed by atoms with Gasteiger partial charge >= 0.3 is 5.97 Å². The molecule has 1 aromatic heterocycles. The third kappa shape index (κ3) is 2.96. The first-order valence-corrected chi connectivity index (χ1v) is 7.56. The van der Waals surface area contributed by atoms with Crippen LogP contribution in [0.2, 0.25) is 0 Å². The number of esters is 1. The fourth-order valence-corrected chi connectivity index (χ4v) is 2.72. The Bertz CT molecular complexity index is 671. The van der Waals surface area contributed by atoms with Crippen LogP contribution < -0.4 is 4.74 Å². The van der Waals surface area contributed by atoms with E-state index in [0.29, 0.717) is 11.3 Å². The highest BCUT2D eigenvalue weighted by Crippen LogP contribution is 2.36. The van der Waals surface area contributed by atoms with Crippen LogP contribution in [-0.2, 0) is 4.74 Å². The Morgan fingerprint density at radius 1 is 1.25 bits per heavy atom. The van der Waals surface area contributed by atoms with Crippen molar-refractivity contribution in [2.75, 3.05) is 7.11 Å². The van der Waals surface area contributed by atoms with Crippen LogP contribution in [0.25, 0.3) is 10.9 Å². The monoisotopic (exact) mass is 401 g/mol. The molecular formula is C14H13Br2NO3. The molecule has 0 saturated carbocycles. The molecule has 0 unspecified atom stereocenters. The summed E-state index contributed by atoms with van der Waals surface area (Å²) in [5.74, 6) is 0.103. The molecule has 0 aliphatic rings. The average Bonchev–Trinajstić information content (AvgIpc) is 2.41. The van der Waals surface area contributed by atoms with E-state index in [1.54, 1.807) is 6.07 Å². The lowest BCUT2D eigenvalue weighted by Gasteiger charge is -2.15. The maximum atomic E-state index is 11.7. The zero-order valence-electron chi connectivity index (χ0n) is 11.2. The van der Waals surface area contributed by atoms with Crippen molar-refractivity contribution >= 4 is 48.7 Å². The summed E-state index contributed by atoms with van der Waals surface area (Å²) in [5, 5.41) is 0.820. The molecule has 2 aromatic rings. The molecule has 0 saturated heterocycles. The Labute approximate surface area is 133 Å². The van der Waals surface area contributed by atoms with Gasteiger partial charge in [0.2, 0.25) is 0 Å². The summed E-state index contributed by atoms with van der Waals surface area (Å²) >= 11 is 6.94. The molecule has 0 amide bonds. The molecule has 1 aromatic carbocycles. The molecule has 0 radical (unpaired) electrons. The van der Waals surface area contributed by atoms with E-state index in [9.17, 15) is 4.79 Å². The molecule has 0 N–H and O–H groups in total. The first kappa shape index (κ1) is 15.3. The molecule has 1 heterocycles. The molecule has 0 aliphatic carbocycles. The van der Waals surface area contributed by atoms with Crippen LogP contribution in [0.1, 0.15) is 24.3 Å². The largest absolute Gasteiger partial charge is 0.490 e. The Balaban J connectivity index is 2.77. The fraction of sp³-hybridized carbons (Fsp3) is 0.286. The summed E-state index contributed by atoms with van der Waals surface area (Å²) in [6, 6.07) is 5.37. The second-order valence-corrected chi connectivity index (χ2v) is 6.13. The van der Waals surface area contributed by atoms with Crippen LogP contribution in [0.15, 0.2) is 27.1 Å². The van der Waals surface area contributed by atoms with Crippen LogP contribution in [0.3, 0.4) is 0 Å². The molecule has 106 valence electrons. The summed E-state index contributed by atoms with van der Waals surface area (Å²) in [6.07, 6.45) is -0.0167. The molecule has 0 bridgehead atoms. The van der Waals surface area contributed by atoms with Crippen molar-refractivity contribution in [3.05, 3.63) is 32.8 Å². The number of aromatic nitrogens is 1. The van der Waals surface area contributed by atoms with Gasteiger partial charge in [-0.15, -0.1) is 0 Å². The number of methoxy groups -OCH3 is 1. The number of rotatable bonds is 3. The average molecular weight is 403 g/mol. The highest BCUT2D eigenvalue weighted by molar-refractivity contribution is 9.11. The maximum Gasteiger partial charge on any atom is 0.356 e. The second-order valence-electron chi connectivity index (χ2n) is 4.42. The quantitative estimate of drug-likeness (QED) is 0.716. The van der Waals surface area contributed by atoms with E-state index < -0.39 is 5.97 Å². The van der Waals surface area contributed by atoms with Gasteiger partial charge in [0.25, 0.3) is 0 Å². The fourth-order valence-electron chi connectivity index (χ4n) is 1.79. The van der Waals surface area contributed by atoms with Gasteiger partial charge < -0.3 is 9.47 Å². The van der Waals surface area contributed by atoms with E-state index in [4.69, 9.17) is 9.47 Å². The molecule has 4 nitrogen and oxygen atoms in total. The lowest BCUT2D eigenvalue weighted by molar-refractivity contribution is 0.0593. The molecule has 6 heteroatoms. The van der Waals surface area contributed by atoms with E-state index in [1.807, 2.05) is 26.0 Å². The third-order valence-electron chi connectivity index (χ3n) is 2.58. The number of pyridine rings is 1.